The fraction of sp³-hybridized carbons (Fsp3) is 0.812. The van der Waals surface area contributed by atoms with E-state index in [1.54, 1.807) is 0 Å². The molecule has 1 fully saturated rings. The van der Waals surface area contributed by atoms with E-state index in [0.29, 0.717) is 6.04 Å². The molecule has 0 bridgehead atoms. The summed E-state index contributed by atoms with van der Waals surface area (Å²) in [6.07, 6.45) is 13.3. The van der Waals surface area contributed by atoms with Crippen molar-refractivity contribution in [1.82, 2.24) is 14.9 Å². The second kappa shape index (κ2) is 7.68. The minimum absolute atomic E-state index is 0.694. The monoisotopic (exact) mass is 263 g/mol. The molecular weight excluding hydrogens is 234 g/mol. The van der Waals surface area contributed by atoms with Gasteiger partial charge in [0.1, 0.15) is 5.82 Å². The van der Waals surface area contributed by atoms with Gasteiger partial charge in [-0.3, -0.25) is 0 Å². The minimum Gasteiger partial charge on any atom is -0.335 e. The van der Waals surface area contributed by atoms with Crippen molar-refractivity contribution in [2.45, 2.75) is 71.4 Å². The molecule has 0 spiro atoms. The molecule has 2 rings (SSSR count). The van der Waals surface area contributed by atoms with Gasteiger partial charge in [0.05, 0.1) is 0 Å². The molecule has 0 aliphatic heterocycles. The van der Waals surface area contributed by atoms with Crippen LogP contribution in [0.4, 0.5) is 0 Å². The van der Waals surface area contributed by atoms with Gasteiger partial charge in [0.2, 0.25) is 0 Å². The van der Waals surface area contributed by atoms with E-state index < -0.39 is 0 Å². The highest BCUT2D eigenvalue weighted by molar-refractivity contribution is 4.96. The molecular formula is C16H29N3. The molecule has 1 saturated carbocycles. The summed E-state index contributed by atoms with van der Waals surface area (Å²) in [7, 11) is 0. The maximum Gasteiger partial charge on any atom is 0.108 e. The highest BCUT2D eigenvalue weighted by Gasteiger charge is 2.24. The van der Waals surface area contributed by atoms with E-state index in [4.69, 9.17) is 0 Å². The Hall–Kier alpha value is -0.830. The minimum atomic E-state index is 0.694. The fourth-order valence-corrected chi connectivity index (χ4v) is 3.37. The largest absolute Gasteiger partial charge is 0.335 e. The zero-order chi connectivity index (χ0) is 13.5. The quantitative estimate of drug-likeness (QED) is 0.797. The Morgan fingerprint density at radius 2 is 2.11 bits per heavy atom. The van der Waals surface area contributed by atoms with E-state index in [1.165, 1.54) is 44.3 Å². The normalized spacial score (nSPS) is 24.3. The molecule has 0 aromatic carbocycles. The Kier molecular flexibility index (Phi) is 5.90. The van der Waals surface area contributed by atoms with Crippen LogP contribution < -0.4 is 5.32 Å². The first-order chi connectivity index (χ1) is 9.35. The van der Waals surface area contributed by atoms with Crippen molar-refractivity contribution < 1.29 is 0 Å². The van der Waals surface area contributed by atoms with E-state index in [1.807, 2.05) is 6.20 Å². The summed E-state index contributed by atoms with van der Waals surface area (Å²) in [4.78, 5) is 4.59. The smallest absolute Gasteiger partial charge is 0.108 e. The number of aryl methyl sites for hydroxylation is 1. The molecule has 19 heavy (non-hydrogen) atoms. The van der Waals surface area contributed by atoms with Gasteiger partial charge in [0, 0.05) is 31.4 Å². The lowest BCUT2D eigenvalue weighted by atomic mass is 9.91. The van der Waals surface area contributed by atoms with Crippen molar-refractivity contribution in [3.8, 4) is 0 Å². The Bertz CT molecular complexity index is 359. The number of hydrogen-bond acceptors (Lipinski definition) is 2. The average molecular weight is 263 g/mol. The van der Waals surface area contributed by atoms with Crippen LogP contribution in [0.5, 0.6) is 0 Å². The van der Waals surface area contributed by atoms with Crippen LogP contribution >= 0.6 is 0 Å². The van der Waals surface area contributed by atoms with Gasteiger partial charge in [-0.05, 0) is 31.7 Å². The van der Waals surface area contributed by atoms with Crippen LogP contribution in [0.1, 0.15) is 58.2 Å². The van der Waals surface area contributed by atoms with Gasteiger partial charge in [0.25, 0.3) is 0 Å². The molecule has 3 nitrogen and oxygen atoms in total. The Morgan fingerprint density at radius 3 is 2.89 bits per heavy atom. The molecule has 3 heteroatoms. The van der Waals surface area contributed by atoms with Gasteiger partial charge in [-0.1, -0.05) is 33.1 Å². The lowest BCUT2D eigenvalue weighted by Gasteiger charge is -2.26. The van der Waals surface area contributed by atoms with Crippen molar-refractivity contribution in [2.75, 3.05) is 6.54 Å². The number of nitrogens with one attached hydrogen (secondary N) is 1. The number of aromatic nitrogens is 2. The summed E-state index contributed by atoms with van der Waals surface area (Å²) in [5.74, 6) is 2.05. The molecule has 1 aliphatic rings. The predicted molar refractivity (Wildman–Crippen MR) is 80.3 cm³/mol. The maximum atomic E-state index is 4.59. The van der Waals surface area contributed by atoms with E-state index in [2.05, 4.69) is 34.9 Å². The zero-order valence-electron chi connectivity index (χ0n) is 12.6. The first-order valence-corrected chi connectivity index (χ1v) is 8.08. The average Bonchev–Trinajstić information content (AvgIpc) is 2.71. The van der Waals surface area contributed by atoms with Crippen LogP contribution in [-0.4, -0.2) is 22.1 Å². The third-order valence-corrected chi connectivity index (χ3v) is 4.34. The van der Waals surface area contributed by atoms with E-state index in [9.17, 15) is 0 Å². The van der Waals surface area contributed by atoms with E-state index in [0.717, 1.165) is 25.4 Å². The summed E-state index contributed by atoms with van der Waals surface area (Å²) >= 11 is 0. The Balaban J connectivity index is 2.02. The Labute approximate surface area is 117 Å². The van der Waals surface area contributed by atoms with E-state index >= 15 is 0 Å². The van der Waals surface area contributed by atoms with Crippen molar-refractivity contribution >= 4 is 0 Å². The first-order valence-electron chi connectivity index (χ1n) is 8.08. The van der Waals surface area contributed by atoms with Crippen LogP contribution in [0.3, 0.4) is 0 Å². The molecule has 1 aliphatic carbocycles. The van der Waals surface area contributed by atoms with Crippen molar-refractivity contribution in [3.05, 3.63) is 18.2 Å². The van der Waals surface area contributed by atoms with Gasteiger partial charge in [-0.2, -0.15) is 0 Å². The number of imidazole rings is 1. The van der Waals surface area contributed by atoms with Gasteiger partial charge in [-0.15, -0.1) is 0 Å². The van der Waals surface area contributed by atoms with Crippen LogP contribution in [0.2, 0.25) is 0 Å². The topological polar surface area (TPSA) is 29.9 Å². The van der Waals surface area contributed by atoms with Gasteiger partial charge < -0.3 is 9.88 Å². The molecule has 0 radical (unpaired) electrons. The third-order valence-electron chi connectivity index (χ3n) is 4.34. The molecule has 0 amide bonds. The summed E-state index contributed by atoms with van der Waals surface area (Å²) in [6, 6.07) is 0.694. The lowest BCUT2D eigenvalue weighted by Crippen LogP contribution is -2.36. The van der Waals surface area contributed by atoms with Crippen LogP contribution in [-0.2, 0) is 13.0 Å². The molecule has 1 N–H and O–H groups in total. The second-order valence-corrected chi connectivity index (χ2v) is 5.80. The molecule has 0 saturated heterocycles. The molecule has 1 heterocycles. The summed E-state index contributed by atoms with van der Waals surface area (Å²) < 4.78 is 2.34. The van der Waals surface area contributed by atoms with Crippen LogP contribution in [0, 0.1) is 5.92 Å². The number of rotatable bonds is 6. The number of hydrogen-bond donors (Lipinski definition) is 1. The van der Waals surface area contributed by atoms with Crippen LogP contribution in [0.15, 0.2) is 12.4 Å². The molecule has 108 valence electrons. The van der Waals surface area contributed by atoms with Crippen molar-refractivity contribution in [2.24, 2.45) is 5.92 Å². The summed E-state index contributed by atoms with van der Waals surface area (Å²) in [5, 5.41) is 3.70. The van der Waals surface area contributed by atoms with Gasteiger partial charge in [0.15, 0.2) is 0 Å². The maximum absolute atomic E-state index is 4.59. The number of nitrogens with zero attached hydrogens (tertiary/aromatic N) is 2. The van der Waals surface area contributed by atoms with Crippen LogP contribution in [0.25, 0.3) is 0 Å². The second-order valence-electron chi connectivity index (χ2n) is 5.80. The molecule has 1 aromatic rings. The predicted octanol–water partition coefficient (Wildman–Crippen LogP) is 3.39. The molecule has 1 aromatic heterocycles. The zero-order valence-corrected chi connectivity index (χ0v) is 12.6. The first kappa shape index (κ1) is 14.6. The van der Waals surface area contributed by atoms with Crippen molar-refractivity contribution in [1.29, 1.82) is 0 Å². The standard InChI is InChI=1S/C16H29N3/c1-3-11-19-12-10-18-16(19)13-14-8-6-5-7-9-15(14)17-4-2/h10,12,14-15,17H,3-9,11,13H2,1-2H3. The lowest BCUT2D eigenvalue weighted by molar-refractivity contribution is 0.329. The Morgan fingerprint density at radius 1 is 1.26 bits per heavy atom. The molecule has 2 unspecified atom stereocenters. The van der Waals surface area contributed by atoms with Gasteiger partial charge in [-0.25, -0.2) is 4.98 Å². The SMILES string of the molecule is CCCn1ccnc1CC1CCCCCC1NCC. The highest BCUT2D eigenvalue weighted by atomic mass is 15.1. The summed E-state index contributed by atoms with van der Waals surface area (Å²) in [6.45, 7) is 6.65. The molecule has 2 atom stereocenters. The highest BCUT2D eigenvalue weighted by Crippen LogP contribution is 2.26. The van der Waals surface area contributed by atoms with Crippen molar-refractivity contribution in [3.63, 3.8) is 0 Å². The van der Waals surface area contributed by atoms with Gasteiger partial charge >= 0.3 is 0 Å². The third kappa shape index (κ3) is 4.07. The van der Waals surface area contributed by atoms with E-state index in [-0.39, 0.29) is 0 Å². The fourth-order valence-electron chi connectivity index (χ4n) is 3.37. The summed E-state index contributed by atoms with van der Waals surface area (Å²) in [5.41, 5.74) is 0.